The van der Waals surface area contributed by atoms with Crippen molar-refractivity contribution in [3.8, 4) is 0 Å². The Balaban J connectivity index is 0.778. The highest BCUT2D eigenvalue weighted by Crippen LogP contribution is 2.51. The SMILES string of the molecule is CCC1(COCCCCCOCc2ccc(N(c3ccc4ccc5c(N(c6ccc(COCCCCCOCC7(CC)COC7)cc6)c6cccc7oc8ccccc8c67)ccc6ccc3c4c65)c3cccc4oc5ccccc5c34)cc2)COC1. The molecule has 0 atom stereocenters. The van der Waals surface area contributed by atoms with E-state index < -0.39 is 0 Å². The molecule has 2 aromatic heterocycles. The summed E-state index contributed by atoms with van der Waals surface area (Å²) in [6.07, 6.45) is 8.45. The van der Waals surface area contributed by atoms with Crippen molar-refractivity contribution in [3.05, 3.63) is 193 Å². The summed E-state index contributed by atoms with van der Waals surface area (Å²) in [5.41, 5.74) is 12.5. The Labute approximate surface area is 503 Å². The summed E-state index contributed by atoms with van der Waals surface area (Å²) in [6.45, 7) is 13.4. The number of furan rings is 2. The maximum absolute atomic E-state index is 6.57. The Kier molecular flexibility index (Phi) is 16.2. The first kappa shape index (κ1) is 56.0. The second-order valence-electron chi connectivity index (χ2n) is 24.1. The van der Waals surface area contributed by atoms with Crippen LogP contribution in [0.2, 0.25) is 0 Å². The Morgan fingerprint density at radius 1 is 0.349 bits per heavy atom. The van der Waals surface area contributed by atoms with E-state index in [2.05, 4.69) is 194 Å². The minimum absolute atomic E-state index is 0.231. The smallest absolute Gasteiger partial charge is 0.137 e. The van der Waals surface area contributed by atoms with Crippen molar-refractivity contribution in [2.75, 3.05) is 75.9 Å². The molecule has 0 unspecified atom stereocenters. The summed E-state index contributed by atoms with van der Waals surface area (Å²) in [6, 6.07) is 65.8. The summed E-state index contributed by atoms with van der Waals surface area (Å²) in [4.78, 5) is 4.85. The first-order valence-electron chi connectivity index (χ1n) is 31.3. The summed E-state index contributed by atoms with van der Waals surface area (Å²) in [7, 11) is 0. The molecule has 10 heteroatoms. The average molecular weight is 1150 g/mol. The molecule has 4 heterocycles. The van der Waals surface area contributed by atoms with Gasteiger partial charge in [-0.05, 0) is 157 Å². The third kappa shape index (κ3) is 11.0. The number of fused-ring (bicyclic) bond motifs is 6. The third-order valence-corrected chi connectivity index (χ3v) is 18.4. The van der Waals surface area contributed by atoms with E-state index in [9.17, 15) is 0 Å². The number of anilines is 6. The molecular weight excluding hydrogens is 1070 g/mol. The first-order valence-corrected chi connectivity index (χ1v) is 31.3. The first-order chi connectivity index (χ1) is 42.5. The van der Waals surface area contributed by atoms with E-state index >= 15 is 0 Å². The number of unbranched alkanes of at least 4 members (excludes halogenated alkanes) is 4. The van der Waals surface area contributed by atoms with Crippen LogP contribution in [-0.4, -0.2) is 66.1 Å². The largest absolute Gasteiger partial charge is 0.456 e. The lowest BCUT2D eigenvalue weighted by Gasteiger charge is -2.40. The van der Waals surface area contributed by atoms with Gasteiger partial charge in [0.2, 0.25) is 0 Å². The fourth-order valence-corrected chi connectivity index (χ4v) is 13.0. The molecule has 14 rings (SSSR count). The van der Waals surface area contributed by atoms with E-state index in [-0.39, 0.29) is 10.8 Å². The Morgan fingerprint density at radius 2 is 0.744 bits per heavy atom. The number of ether oxygens (including phenoxy) is 6. The summed E-state index contributed by atoms with van der Waals surface area (Å²) in [5.74, 6) is 0. The molecule has 2 aliphatic heterocycles. The zero-order valence-electron chi connectivity index (χ0n) is 49.6. The van der Waals surface area contributed by atoms with Crippen LogP contribution >= 0.6 is 0 Å². The Hall–Kier alpha value is -7.80. The van der Waals surface area contributed by atoms with E-state index in [0.29, 0.717) is 26.4 Å². The molecule has 2 fully saturated rings. The van der Waals surface area contributed by atoms with Gasteiger partial charge in [-0.1, -0.05) is 123 Å². The van der Waals surface area contributed by atoms with Gasteiger partial charge in [0.25, 0.3) is 0 Å². The van der Waals surface area contributed by atoms with Crippen molar-refractivity contribution in [1.29, 1.82) is 0 Å². The Bertz CT molecular complexity index is 3990. The average Bonchev–Trinajstić information content (AvgIpc) is 0.913. The molecule has 0 spiro atoms. The molecule has 86 heavy (non-hydrogen) atoms. The molecule has 10 aromatic carbocycles. The van der Waals surface area contributed by atoms with Gasteiger partial charge in [0.1, 0.15) is 22.3 Å². The van der Waals surface area contributed by atoms with Crippen molar-refractivity contribution in [2.45, 2.75) is 78.4 Å². The van der Waals surface area contributed by atoms with Crippen LogP contribution in [0.3, 0.4) is 0 Å². The predicted octanol–water partition coefficient (Wildman–Crippen LogP) is 19.6. The van der Waals surface area contributed by atoms with Gasteiger partial charge in [-0.2, -0.15) is 0 Å². The molecule has 12 aromatic rings. The molecular formula is C76H76N2O8. The summed E-state index contributed by atoms with van der Waals surface area (Å²) >= 11 is 0. The van der Waals surface area contributed by atoms with Gasteiger partial charge in [0.15, 0.2) is 0 Å². The molecule has 0 amide bonds. The number of nitrogens with zero attached hydrogens (tertiary/aromatic N) is 2. The molecule has 0 bridgehead atoms. The van der Waals surface area contributed by atoms with Gasteiger partial charge >= 0.3 is 0 Å². The van der Waals surface area contributed by atoms with Gasteiger partial charge in [-0.25, -0.2) is 0 Å². The lowest BCUT2D eigenvalue weighted by atomic mass is 9.84. The van der Waals surface area contributed by atoms with Crippen LogP contribution in [0, 0.1) is 10.8 Å². The number of hydrogen-bond donors (Lipinski definition) is 0. The highest BCUT2D eigenvalue weighted by atomic mass is 16.5. The van der Waals surface area contributed by atoms with Crippen LogP contribution in [0.15, 0.2) is 191 Å². The highest BCUT2D eigenvalue weighted by Gasteiger charge is 2.38. The van der Waals surface area contributed by atoms with E-state index in [4.69, 9.17) is 37.3 Å². The third-order valence-electron chi connectivity index (χ3n) is 18.4. The molecule has 438 valence electrons. The maximum atomic E-state index is 6.57. The van der Waals surface area contributed by atoms with Crippen LogP contribution in [0.5, 0.6) is 0 Å². The minimum atomic E-state index is 0.231. The van der Waals surface area contributed by atoms with Crippen LogP contribution in [-0.2, 0) is 41.6 Å². The van der Waals surface area contributed by atoms with E-state index in [1.54, 1.807) is 0 Å². The molecule has 2 saturated heterocycles. The van der Waals surface area contributed by atoms with Gasteiger partial charge in [0, 0.05) is 70.2 Å². The summed E-state index contributed by atoms with van der Waals surface area (Å²) in [5, 5.41) is 11.4. The number of hydrogen-bond acceptors (Lipinski definition) is 10. The molecule has 0 radical (unpaired) electrons. The molecule has 10 nitrogen and oxygen atoms in total. The standard InChI is InChI=1S/C76H76N2O8/c1-3-75(49-83-50-75)47-81-43-13-5-11-41-79-45-53-25-33-57(34-26-53)77(65-19-15-23-69-73(65)61-17-7-9-21-67(61)85-69)63-39-31-55-30-38-60-64(40-32-56-29-37-59(63)71(55)72(56)60)78(66-20-16-24-70-74(66)62-18-8-10-22-68(62)86-70)58-35-27-54(28-36-58)46-80-42-12-6-14-44-82-48-76(4-2)51-84-52-76/h7-10,15-40H,3-6,11-14,41-52H2,1-2H3. The summed E-state index contributed by atoms with van der Waals surface area (Å²) < 4.78 is 48.7. The molecule has 0 N–H and O–H groups in total. The second kappa shape index (κ2) is 24.9. The lowest BCUT2D eigenvalue weighted by molar-refractivity contribution is -0.150. The topological polar surface area (TPSA) is 88.1 Å². The van der Waals surface area contributed by atoms with Crippen LogP contribution in [0.25, 0.3) is 76.2 Å². The van der Waals surface area contributed by atoms with Crippen molar-refractivity contribution < 1.29 is 37.3 Å². The van der Waals surface area contributed by atoms with Crippen molar-refractivity contribution in [3.63, 3.8) is 0 Å². The van der Waals surface area contributed by atoms with E-state index in [1.165, 1.54) is 21.5 Å². The van der Waals surface area contributed by atoms with Crippen LogP contribution < -0.4 is 9.80 Å². The lowest BCUT2D eigenvalue weighted by Crippen LogP contribution is -2.45. The van der Waals surface area contributed by atoms with Gasteiger partial charge in [0.05, 0.1) is 86.4 Å². The monoisotopic (exact) mass is 1140 g/mol. The van der Waals surface area contributed by atoms with Crippen molar-refractivity contribution in [1.82, 2.24) is 0 Å². The fraction of sp³-hybridized carbons (Fsp3) is 0.316. The fourth-order valence-electron chi connectivity index (χ4n) is 13.0. The van der Waals surface area contributed by atoms with E-state index in [0.717, 1.165) is 204 Å². The minimum Gasteiger partial charge on any atom is -0.456 e. The number of para-hydroxylation sites is 2. The van der Waals surface area contributed by atoms with Crippen molar-refractivity contribution in [2.24, 2.45) is 10.8 Å². The van der Waals surface area contributed by atoms with Gasteiger partial charge < -0.3 is 47.1 Å². The number of rotatable bonds is 28. The molecule has 0 aliphatic carbocycles. The van der Waals surface area contributed by atoms with Crippen LogP contribution in [0.4, 0.5) is 34.1 Å². The quantitative estimate of drug-likeness (QED) is 0.0349. The second-order valence-corrected chi connectivity index (χ2v) is 24.1. The highest BCUT2D eigenvalue weighted by molar-refractivity contribution is 6.29. The normalized spacial score (nSPS) is 14.8. The van der Waals surface area contributed by atoms with E-state index in [1.807, 2.05) is 12.1 Å². The predicted molar refractivity (Wildman–Crippen MR) is 350 cm³/mol. The molecule has 0 saturated carbocycles. The maximum Gasteiger partial charge on any atom is 0.137 e. The number of benzene rings is 10. The van der Waals surface area contributed by atoms with Gasteiger partial charge in [-0.15, -0.1) is 0 Å². The zero-order chi connectivity index (χ0) is 57.9. The molecule has 2 aliphatic rings. The van der Waals surface area contributed by atoms with Gasteiger partial charge in [-0.3, -0.25) is 0 Å². The van der Waals surface area contributed by atoms with Crippen LogP contribution in [0.1, 0.15) is 76.3 Å². The van der Waals surface area contributed by atoms with Crippen molar-refractivity contribution >= 4 is 110 Å². The Morgan fingerprint density at radius 3 is 1.15 bits per heavy atom. The zero-order valence-corrected chi connectivity index (χ0v) is 49.6.